The first kappa shape index (κ1) is 18.6. The molecule has 132 valence electrons. The summed E-state index contributed by atoms with van der Waals surface area (Å²) < 4.78 is 0. The van der Waals surface area contributed by atoms with Gasteiger partial charge in [-0.15, -0.1) is 0 Å². The largest absolute Gasteiger partial charge is 0.396 e. The van der Waals surface area contributed by atoms with Gasteiger partial charge < -0.3 is 15.3 Å². The summed E-state index contributed by atoms with van der Waals surface area (Å²) >= 11 is 0. The first-order valence-corrected chi connectivity index (χ1v) is 8.99. The van der Waals surface area contributed by atoms with Crippen LogP contribution >= 0.6 is 0 Å². The molecule has 0 aliphatic heterocycles. The number of carbonyl (C=O) groups is 1. The maximum Gasteiger partial charge on any atom is 0.145 e. The molecule has 0 aromatic carbocycles. The summed E-state index contributed by atoms with van der Waals surface area (Å²) in [4.78, 5) is 13.0. The Morgan fingerprint density at radius 1 is 1.43 bits per heavy atom. The standard InChI is InChI=1S/C19H32O4/c1-5-11(2)14-7-6-13-17(12(3)10-15(21)18(13)23)19(14,4)16(22)8-9-20/h7,11-13,15,17-18,20-21,23H,5-6,8-10H2,1-4H3/t11-,12-,13-,15-,17+,18+,19-/m1/s1. The minimum Gasteiger partial charge on any atom is -0.396 e. The molecule has 1 fully saturated rings. The third-order valence-corrected chi connectivity index (χ3v) is 6.46. The molecule has 0 saturated heterocycles. The second-order valence-electron chi connectivity index (χ2n) is 7.76. The Bertz CT molecular complexity index is 472. The van der Waals surface area contributed by atoms with Crippen molar-refractivity contribution in [2.24, 2.45) is 29.1 Å². The number of hydrogen-bond donors (Lipinski definition) is 3. The van der Waals surface area contributed by atoms with Gasteiger partial charge in [0.2, 0.25) is 0 Å². The van der Waals surface area contributed by atoms with E-state index in [4.69, 9.17) is 0 Å². The van der Waals surface area contributed by atoms with E-state index in [1.807, 2.05) is 6.92 Å². The van der Waals surface area contributed by atoms with Crippen LogP contribution in [0.3, 0.4) is 0 Å². The Labute approximate surface area is 139 Å². The molecule has 0 unspecified atom stereocenters. The highest BCUT2D eigenvalue weighted by atomic mass is 16.3. The van der Waals surface area contributed by atoms with Crippen LogP contribution in [0.1, 0.15) is 53.4 Å². The van der Waals surface area contributed by atoms with Crippen molar-refractivity contribution >= 4 is 5.78 Å². The SMILES string of the molecule is CC[C@@H](C)C1=CC[C@H]2[C@H](O)[C@H](O)C[C@@H](C)[C@@H]2[C@@]1(C)C(=O)CCO. The molecule has 1 saturated carbocycles. The predicted octanol–water partition coefficient (Wildman–Crippen LogP) is 2.31. The van der Waals surface area contributed by atoms with Crippen molar-refractivity contribution in [1.82, 2.24) is 0 Å². The second-order valence-corrected chi connectivity index (χ2v) is 7.76. The molecule has 0 bridgehead atoms. The summed E-state index contributed by atoms with van der Waals surface area (Å²) in [7, 11) is 0. The van der Waals surface area contributed by atoms with Crippen LogP contribution in [0.4, 0.5) is 0 Å². The molecular weight excluding hydrogens is 292 g/mol. The van der Waals surface area contributed by atoms with Crippen LogP contribution in [0.25, 0.3) is 0 Å². The van der Waals surface area contributed by atoms with E-state index in [1.165, 1.54) is 0 Å². The van der Waals surface area contributed by atoms with Crippen molar-refractivity contribution in [3.8, 4) is 0 Å². The third kappa shape index (κ3) is 3.01. The van der Waals surface area contributed by atoms with E-state index in [0.717, 1.165) is 18.4 Å². The van der Waals surface area contributed by atoms with Gasteiger partial charge in [0.05, 0.1) is 17.6 Å². The zero-order valence-electron chi connectivity index (χ0n) is 14.8. The smallest absolute Gasteiger partial charge is 0.145 e. The number of rotatable bonds is 5. The number of allylic oxidation sites excluding steroid dienone is 2. The first-order valence-electron chi connectivity index (χ1n) is 8.99. The topological polar surface area (TPSA) is 77.8 Å². The summed E-state index contributed by atoms with van der Waals surface area (Å²) in [6.45, 7) is 8.21. The Morgan fingerprint density at radius 3 is 2.65 bits per heavy atom. The van der Waals surface area contributed by atoms with Crippen LogP contribution in [0.15, 0.2) is 11.6 Å². The lowest BCUT2D eigenvalue weighted by Gasteiger charge is -2.54. The van der Waals surface area contributed by atoms with Gasteiger partial charge in [-0.1, -0.05) is 32.4 Å². The second kappa shape index (κ2) is 7.04. The van der Waals surface area contributed by atoms with Crippen LogP contribution in [0, 0.1) is 29.1 Å². The Balaban J connectivity index is 2.51. The van der Waals surface area contributed by atoms with E-state index in [0.29, 0.717) is 12.3 Å². The van der Waals surface area contributed by atoms with Gasteiger partial charge in [0.15, 0.2) is 0 Å². The van der Waals surface area contributed by atoms with Crippen molar-refractivity contribution in [1.29, 1.82) is 0 Å². The minimum absolute atomic E-state index is 0.0222. The third-order valence-electron chi connectivity index (χ3n) is 6.46. The fourth-order valence-electron chi connectivity index (χ4n) is 5.18. The molecule has 0 aromatic rings. The number of fused-ring (bicyclic) bond motifs is 1. The lowest BCUT2D eigenvalue weighted by Crippen LogP contribution is -2.56. The van der Waals surface area contributed by atoms with Gasteiger partial charge >= 0.3 is 0 Å². The summed E-state index contributed by atoms with van der Waals surface area (Å²) in [6, 6.07) is 0. The molecule has 7 atom stereocenters. The number of hydrogen-bond acceptors (Lipinski definition) is 4. The van der Waals surface area contributed by atoms with Crippen LogP contribution in [0.5, 0.6) is 0 Å². The fourth-order valence-corrected chi connectivity index (χ4v) is 5.18. The van der Waals surface area contributed by atoms with E-state index in [1.54, 1.807) is 0 Å². The monoisotopic (exact) mass is 324 g/mol. The van der Waals surface area contributed by atoms with Gasteiger partial charge in [-0.25, -0.2) is 0 Å². The number of ketones is 1. The van der Waals surface area contributed by atoms with Gasteiger partial charge in [-0.3, -0.25) is 4.79 Å². The van der Waals surface area contributed by atoms with Crippen LogP contribution in [0.2, 0.25) is 0 Å². The minimum atomic E-state index is -0.771. The van der Waals surface area contributed by atoms with Crippen molar-refractivity contribution in [3.63, 3.8) is 0 Å². The van der Waals surface area contributed by atoms with E-state index in [2.05, 4.69) is 26.8 Å². The van der Waals surface area contributed by atoms with Gasteiger partial charge in [0, 0.05) is 13.0 Å². The van der Waals surface area contributed by atoms with Gasteiger partial charge in [-0.2, -0.15) is 0 Å². The molecule has 2 aliphatic rings. The van der Waals surface area contributed by atoms with E-state index < -0.39 is 17.6 Å². The molecule has 0 heterocycles. The molecule has 0 amide bonds. The summed E-state index contributed by atoms with van der Waals surface area (Å²) in [5.41, 5.74) is 0.511. The highest BCUT2D eigenvalue weighted by Crippen LogP contribution is 2.56. The fraction of sp³-hybridized carbons (Fsp3) is 0.842. The van der Waals surface area contributed by atoms with Crippen molar-refractivity contribution in [2.75, 3.05) is 6.61 Å². The molecule has 0 radical (unpaired) electrons. The van der Waals surface area contributed by atoms with Crippen molar-refractivity contribution in [3.05, 3.63) is 11.6 Å². The average Bonchev–Trinajstić information content (AvgIpc) is 2.51. The molecule has 0 aromatic heterocycles. The summed E-state index contributed by atoms with van der Waals surface area (Å²) in [6.07, 6.45) is 3.00. The molecule has 3 N–H and O–H groups in total. The van der Waals surface area contributed by atoms with Crippen molar-refractivity contribution < 1.29 is 20.1 Å². The lowest BCUT2D eigenvalue weighted by atomic mass is 9.50. The molecular formula is C19H32O4. The van der Waals surface area contributed by atoms with Crippen LogP contribution in [-0.4, -0.2) is 39.9 Å². The summed E-state index contributed by atoms with van der Waals surface area (Å²) in [5.74, 6) is 0.471. The molecule has 2 aliphatic carbocycles. The Kier molecular flexibility index (Phi) is 5.70. The van der Waals surface area contributed by atoms with E-state index in [9.17, 15) is 20.1 Å². The summed E-state index contributed by atoms with van der Waals surface area (Å²) in [5, 5.41) is 29.9. The number of aliphatic hydroxyl groups is 3. The van der Waals surface area contributed by atoms with Gasteiger partial charge in [0.1, 0.15) is 5.78 Å². The first-order chi connectivity index (χ1) is 10.8. The van der Waals surface area contributed by atoms with Crippen LogP contribution < -0.4 is 0 Å². The quantitative estimate of drug-likeness (QED) is 0.678. The predicted molar refractivity (Wildman–Crippen MR) is 89.7 cm³/mol. The normalized spacial score (nSPS) is 41.9. The van der Waals surface area contributed by atoms with Crippen LogP contribution in [-0.2, 0) is 4.79 Å². The average molecular weight is 324 g/mol. The van der Waals surface area contributed by atoms with E-state index in [-0.39, 0.29) is 36.6 Å². The molecule has 2 rings (SSSR count). The zero-order valence-corrected chi connectivity index (χ0v) is 14.8. The highest BCUT2D eigenvalue weighted by Gasteiger charge is 2.56. The molecule has 23 heavy (non-hydrogen) atoms. The van der Waals surface area contributed by atoms with E-state index >= 15 is 0 Å². The Hall–Kier alpha value is -0.710. The molecule has 4 heteroatoms. The zero-order chi connectivity index (χ0) is 17.4. The molecule has 4 nitrogen and oxygen atoms in total. The number of Topliss-reactive ketones (excluding diaryl/α,β-unsaturated/α-hetero) is 1. The molecule has 0 spiro atoms. The highest BCUT2D eigenvalue weighted by molar-refractivity contribution is 5.88. The lowest BCUT2D eigenvalue weighted by molar-refractivity contribution is -0.146. The Morgan fingerprint density at radius 2 is 2.09 bits per heavy atom. The van der Waals surface area contributed by atoms with Gasteiger partial charge in [-0.05, 0) is 49.9 Å². The van der Waals surface area contributed by atoms with Crippen molar-refractivity contribution in [2.45, 2.75) is 65.6 Å². The van der Waals surface area contributed by atoms with Gasteiger partial charge in [0.25, 0.3) is 0 Å². The number of carbonyl (C=O) groups excluding carboxylic acids is 1. The maximum absolute atomic E-state index is 13.0. The number of aliphatic hydroxyl groups excluding tert-OH is 3. The maximum atomic E-state index is 13.0.